The van der Waals surface area contributed by atoms with Crippen LogP contribution in [0.3, 0.4) is 0 Å². The molecule has 7 nitrogen and oxygen atoms in total. The Balaban J connectivity index is 1.60. The largest absolute Gasteiger partial charge is 0.349 e. The van der Waals surface area contributed by atoms with E-state index in [4.69, 9.17) is 0 Å². The highest BCUT2D eigenvalue weighted by atomic mass is 32.2. The Bertz CT molecular complexity index is 1250. The third-order valence-corrected chi connectivity index (χ3v) is 7.79. The molecule has 0 radical (unpaired) electrons. The van der Waals surface area contributed by atoms with Crippen LogP contribution in [0.5, 0.6) is 0 Å². The summed E-state index contributed by atoms with van der Waals surface area (Å²) in [6.45, 7) is 0. The molecule has 3 aromatic rings. The van der Waals surface area contributed by atoms with E-state index in [0.717, 1.165) is 37.0 Å². The first kappa shape index (κ1) is 20.6. The number of hydrogen-bond acceptors (Lipinski definition) is 5. The van der Waals surface area contributed by atoms with Gasteiger partial charge in [-0.2, -0.15) is 0 Å². The Morgan fingerprint density at radius 3 is 2.60 bits per heavy atom. The summed E-state index contributed by atoms with van der Waals surface area (Å²) in [5.41, 5.74) is 1.19. The van der Waals surface area contributed by atoms with Crippen molar-refractivity contribution in [2.45, 2.75) is 43.0 Å². The van der Waals surface area contributed by atoms with Crippen molar-refractivity contribution >= 4 is 43.2 Å². The number of anilines is 1. The lowest BCUT2D eigenvalue weighted by molar-refractivity contribution is 0.0928. The Labute approximate surface area is 178 Å². The van der Waals surface area contributed by atoms with Crippen LogP contribution in [0.15, 0.2) is 52.2 Å². The predicted octanol–water partition coefficient (Wildman–Crippen LogP) is 3.46. The van der Waals surface area contributed by atoms with Gasteiger partial charge in [0.05, 0.1) is 26.4 Å². The number of aromatic nitrogens is 1. The lowest BCUT2D eigenvalue weighted by Gasteiger charge is -2.23. The van der Waals surface area contributed by atoms with Crippen LogP contribution in [0.25, 0.3) is 10.2 Å². The average molecular weight is 446 g/mol. The van der Waals surface area contributed by atoms with E-state index in [-0.39, 0.29) is 33.0 Å². The Morgan fingerprint density at radius 1 is 1.10 bits per heavy atom. The fourth-order valence-electron chi connectivity index (χ4n) is 3.77. The van der Waals surface area contributed by atoms with Crippen LogP contribution in [0.1, 0.15) is 42.5 Å². The van der Waals surface area contributed by atoms with E-state index in [1.165, 1.54) is 23.1 Å². The minimum Gasteiger partial charge on any atom is -0.349 e. The number of carbonyl (C=O) groups is 1. The molecule has 1 amide bonds. The van der Waals surface area contributed by atoms with Gasteiger partial charge < -0.3 is 9.88 Å². The zero-order valence-electron chi connectivity index (χ0n) is 16.6. The molecule has 1 aliphatic rings. The van der Waals surface area contributed by atoms with Crippen molar-refractivity contribution in [3.05, 3.63) is 57.7 Å². The minimum atomic E-state index is -3.93. The third kappa shape index (κ3) is 4.13. The van der Waals surface area contributed by atoms with Gasteiger partial charge in [0.15, 0.2) is 0 Å². The molecule has 2 aromatic carbocycles. The SMILES string of the molecule is Cn1c(=O)sc2cc(S(=O)(=O)Nc3ccccc3C(=O)NC3CCCCC3)ccc21. The summed E-state index contributed by atoms with van der Waals surface area (Å²) in [6.07, 6.45) is 5.25. The molecule has 30 heavy (non-hydrogen) atoms. The van der Waals surface area contributed by atoms with Crippen molar-refractivity contribution in [1.29, 1.82) is 0 Å². The topological polar surface area (TPSA) is 97.3 Å². The van der Waals surface area contributed by atoms with Gasteiger partial charge >= 0.3 is 4.87 Å². The van der Waals surface area contributed by atoms with Crippen LogP contribution in [-0.2, 0) is 17.1 Å². The highest BCUT2D eigenvalue weighted by Crippen LogP contribution is 2.25. The number of carbonyl (C=O) groups excluding carboxylic acids is 1. The molecule has 0 aliphatic heterocycles. The maximum absolute atomic E-state index is 13.0. The van der Waals surface area contributed by atoms with E-state index in [0.29, 0.717) is 10.2 Å². The number of nitrogens with one attached hydrogen (secondary N) is 2. The number of fused-ring (bicyclic) bond motifs is 1. The standard InChI is InChI=1S/C21H23N3O4S2/c1-24-18-12-11-15(13-19(18)29-21(24)26)30(27,28)23-17-10-6-5-9-16(17)20(25)22-14-7-3-2-4-8-14/h5-6,9-14,23H,2-4,7-8H2,1H3,(H,22,25). The van der Waals surface area contributed by atoms with E-state index in [2.05, 4.69) is 10.0 Å². The second-order valence-corrected chi connectivity index (χ2v) is 10.2. The van der Waals surface area contributed by atoms with Gasteiger partial charge in [0.1, 0.15) is 0 Å². The van der Waals surface area contributed by atoms with Crippen LogP contribution < -0.4 is 14.9 Å². The van der Waals surface area contributed by atoms with Crippen LogP contribution in [-0.4, -0.2) is 24.9 Å². The van der Waals surface area contributed by atoms with Crippen molar-refractivity contribution in [1.82, 2.24) is 9.88 Å². The van der Waals surface area contributed by atoms with Crippen LogP contribution in [0.2, 0.25) is 0 Å². The number of aryl methyl sites for hydroxylation is 1. The lowest BCUT2D eigenvalue weighted by atomic mass is 9.95. The normalized spacial score (nSPS) is 15.2. The maximum Gasteiger partial charge on any atom is 0.307 e. The summed E-state index contributed by atoms with van der Waals surface area (Å²) in [6, 6.07) is 11.3. The van der Waals surface area contributed by atoms with E-state index in [1.807, 2.05) is 0 Å². The molecule has 1 heterocycles. The summed E-state index contributed by atoms with van der Waals surface area (Å²) in [4.78, 5) is 24.5. The van der Waals surface area contributed by atoms with Gasteiger partial charge in [0, 0.05) is 13.1 Å². The number of sulfonamides is 1. The lowest BCUT2D eigenvalue weighted by Crippen LogP contribution is -2.36. The fourth-order valence-corrected chi connectivity index (χ4v) is 5.86. The number of amides is 1. The van der Waals surface area contributed by atoms with Crippen molar-refractivity contribution in [2.24, 2.45) is 7.05 Å². The Kier molecular flexibility index (Phi) is 5.66. The molecular formula is C21H23N3O4S2. The molecule has 4 rings (SSSR count). The van der Waals surface area contributed by atoms with E-state index in [9.17, 15) is 18.0 Å². The molecule has 2 N–H and O–H groups in total. The van der Waals surface area contributed by atoms with Gasteiger partial charge in [-0.15, -0.1) is 0 Å². The zero-order chi connectivity index (χ0) is 21.3. The van der Waals surface area contributed by atoms with Gasteiger partial charge in [0.25, 0.3) is 15.9 Å². The number of hydrogen-bond donors (Lipinski definition) is 2. The summed E-state index contributed by atoms with van der Waals surface area (Å²) >= 11 is 0.994. The van der Waals surface area contributed by atoms with Gasteiger partial charge in [-0.3, -0.25) is 14.3 Å². The minimum absolute atomic E-state index is 0.0411. The molecule has 0 atom stereocenters. The van der Waals surface area contributed by atoms with Crippen molar-refractivity contribution in [2.75, 3.05) is 4.72 Å². The quantitative estimate of drug-likeness (QED) is 0.628. The smallest absolute Gasteiger partial charge is 0.307 e. The van der Waals surface area contributed by atoms with E-state index < -0.39 is 10.0 Å². The summed E-state index contributed by atoms with van der Waals surface area (Å²) in [7, 11) is -2.28. The van der Waals surface area contributed by atoms with E-state index in [1.54, 1.807) is 37.4 Å². The number of rotatable bonds is 5. The van der Waals surface area contributed by atoms with Crippen molar-refractivity contribution in [3.8, 4) is 0 Å². The van der Waals surface area contributed by atoms with Crippen LogP contribution in [0.4, 0.5) is 5.69 Å². The summed E-state index contributed by atoms with van der Waals surface area (Å²) in [5, 5.41) is 3.02. The molecule has 9 heteroatoms. The van der Waals surface area contributed by atoms with Gasteiger partial charge in [0.2, 0.25) is 0 Å². The summed E-state index contributed by atoms with van der Waals surface area (Å²) in [5.74, 6) is -0.281. The van der Waals surface area contributed by atoms with Gasteiger partial charge in [-0.1, -0.05) is 42.7 Å². The van der Waals surface area contributed by atoms with E-state index >= 15 is 0 Å². The summed E-state index contributed by atoms with van der Waals surface area (Å²) < 4.78 is 30.6. The fraction of sp³-hybridized carbons (Fsp3) is 0.333. The second-order valence-electron chi connectivity index (χ2n) is 7.52. The molecule has 0 bridgehead atoms. The zero-order valence-corrected chi connectivity index (χ0v) is 18.2. The first-order valence-corrected chi connectivity index (χ1v) is 12.2. The molecule has 1 fully saturated rings. The van der Waals surface area contributed by atoms with Gasteiger partial charge in [-0.05, 0) is 43.2 Å². The molecule has 1 saturated carbocycles. The highest BCUT2D eigenvalue weighted by Gasteiger charge is 2.22. The number of para-hydroxylation sites is 1. The number of benzene rings is 2. The Morgan fingerprint density at radius 2 is 1.83 bits per heavy atom. The molecule has 1 aliphatic carbocycles. The first-order valence-electron chi connectivity index (χ1n) is 9.87. The predicted molar refractivity (Wildman–Crippen MR) is 119 cm³/mol. The average Bonchev–Trinajstić information content (AvgIpc) is 3.02. The molecule has 0 unspecified atom stereocenters. The molecule has 0 spiro atoms. The molecular weight excluding hydrogens is 422 g/mol. The molecule has 1 aromatic heterocycles. The number of thiazole rings is 1. The highest BCUT2D eigenvalue weighted by molar-refractivity contribution is 7.92. The molecule has 158 valence electrons. The van der Waals surface area contributed by atoms with Gasteiger partial charge in [-0.25, -0.2) is 8.42 Å². The molecule has 0 saturated heterocycles. The second kappa shape index (κ2) is 8.23. The Hall–Kier alpha value is -2.65. The third-order valence-electron chi connectivity index (χ3n) is 5.43. The first-order chi connectivity index (χ1) is 14.3. The monoisotopic (exact) mass is 445 g/mol. The maximum atomic E-state index is 13.0. The number of nitrogens with zero attached hydrogens (tertiary/aromatic N) is 1. The van der Waals surface area contributed by atoms with Crippen molar-refractivity contribution < 1.29 is 13.2 Å². The van der Waals surface area contributed by atoms with Crippen molar-refractivity contribution in [3.63, 3.8) is 0 Å². The van der Waals surface area contributed by atoms with Crippen LogP contribution >= 0.6 is 11.3 Å². The van der Waals surface area contributed by atoms with Crippen LogP contribution in [0, 0.1) is 0 Å².